The molecule has 2 N–H and O–H groups in total. The van der Waals surface area contributed by atoms with E-state index in [1.54, 1.807) is 38.1 Å². The number of nitrogens with one attached hydrogen (secondary N) is 1. The summed E-state index contributed by atoms with van der Waals surface area (Å²) in [6.45, 7) is 3.34. The second kappa shape index (κ2) is 10.7. The minimum absolute atomic E-state index is 0.0632. The standard InChI is InChI=1S/C25H23F4NO5/c1-14(2)35-22(24(32)33)10-15-3-5-19(16-7-8-34-13-16)17(9-15)12-30-23(31)20-6-4-18(11-21(20)26)25(27,28)29/h3-9,11,13-14,22H,10,12H2,1-2H3,(H,30,31)(H,32,33). The summed E-state index contributed by atoms with van der Waals surface area (Å²) in [7, 11) is 0. The Morgan fingerprint density at radius 3 is 2.43 bits per heavy atom. The Morgan fingerprint density at radius 1 is 1.11 bits per heavy atom. The summed E-state index contributed by atoms with van der Waals surface area (Å²) in [4.78, 5) is 24.1. The van der Waals surface area contributed by atoms with Crippen molar-refractivity contribution in [3.05, 3.63) is 83.1 Å². The average molecular weight is 493 g/mol. The van der Waals surface area contributed by atoms with E-state index in [1.165, 1.54) is 12.5 Å². The number of hydrogen-bond acceptors (Lipinski definition) is 4. The van der Waals surface area contributed by atoms with Crippen LogP contribution in [0.3, 0.4) is 0 Å². The molecule has 0 aliphatic carbocycles. The van der Waals surface area contributed by atoms with Crippen LogP contribution in [-0.2, 0) is 28.7 Å². The predicted octanol–water partition coefficient (Wildman–Crippen LogP) is 5.46. The lowest BCUT2D eigenvalue weighted by Crippen LogP contribution is -2.29. The van der Waals surface area contributed by atoms with E-state index in [0.717, 1.165) is 6.07 Å². The van der Waals surface area contributed by atoms with Crippen LogP contribution in [0, 0.1) is 5.82 Å². The number of alkyl halides is 3. The van der Waals surface area contributed by atoms with Crippen LogP contribution in [-0.4, -0.2) is 29.2 Å². The van der Waals surface area contributed by atoms with Crippen LogP contribution in [0.5, 0.6) is 0 Å². The van der Waals surface area contributed by atoms with Crippen LogP contribution in [0.2, 0.25) is 0 Å². The monoisotopic (exact) mass is 493 g/mol. The molecule has 0 bridgehead atoms. The maximum absolute atomic E-state index is 14.2. The lowest BCUT2D eigenvalue weighted by molar-refractivity contribution is -0.153. The molecular formula is C25H23F4NO5. The summed E-state index contributed by atoms with van der Waals surface area (Å²) >= 11 is 0. The number of amides is 1. The van der Waals surface area contributed by atoms with Gasteiger partial charge in [0.1, 0.15) is 5.82 Å². The summed E-state index contributed by atoms with van der Waals surface area (Å²) in [5.74, 6) is -3.31. The molecular weight excluding hydrogens is 470 g/mol. The molecule has 1 aromatic heterocycles. The maximum atomic E-state index is 14.2. The van der Waals surface area contributed by atoms with Gasteiger partial charge in [0.05, 0.1) is 29.8 Å². The molecule has 0 aliphatic heterocycles. The molecule has 1 heterocycles. The number of ether oxygens (including phenoxy) is 1. The van der Waals surface area contributed by atoms with E-state index in [1.807, 2.05) is 0 Å². The third kappa shape index (κ3) is 6.69. The number of carboxylic acid groups (broad SMARTS) is 1. The molecule has 0 aliphatic rings. The number of rotatable bonds is 9. The summed E-state index contributed by atoms with van der Waals surface area (Å²) in [6, 6.07) is 8.52. The lowest BCUT2D eigenvalue weighted by atomic mass is 9.96. The Labute approximate surface area is 198 Å². The second-order valence-corrected chi connectivity index (χ2v) is 8.09. The molecule has 0 spiro atoms. The summed E-state index contributed by atoms with van der Waals surface area (Å²) in [5.41, 5.74) is 0.823. The number of hydrogen-bond donors (Lipinski definition) is 2. The molecule has 0 saturated carbocycles. The van der Waals surface area contributed by atoms with Crippen molar-refractivity contribution < 1.29 is 41.4 Å². The van der Waals surface area contributed by atoms with Gasteiger partial charge in [-0.2, -0.15) is 13.2 Å². The fourth-order valence-corrected chi connectivity index (χ4v) is 3.50. The van der Waals surface area contributed by atoms with Gasteiger partial charge in [0.15, 0.2) is 6.10 Å². The minimum Gasteiger partial charge on any atom is -0.479 e. The zero-order chi connectivity index (χ0) is 25.8. The molecule has 1 unspecified atom stereocenters. The molecule has 3 rings (SSSR count). The number of carboxylic acids is 1. The van der Waals surface area contributed by atoms with Crippen LogP contribution < -0.4 is 5.32 Å². The molecule has 1 atom stereocenters. The van der Waals surface area contributed by atoms with Crippen molar-refractivity contribution in [3.63, 3.8) is 0 Å². The topological polar surface area (TPSA) is 88.8 Å². The van der Waals surface area contributed by atoms with E-state index in [0.29, 0.717) is 28.3 Å². The molecule has 10 heteroatoms. The van der Waals surface area contributed by atoms with Crippen LogP contribution in [0.1, 0.15) is 40.9 Å². The van der Waals surface area contributed by atoms with Gasteiger partial charge in [-0.05, 0) is 54.8 Å². The van der Waals surface area contributed by atoms with E-state index in [-0.39, 0.29) is 25.1 Å². The van der Waals surface area contributed by atoms with Gasteiger partial charge in [0.25, 0.3) is 5.91 Å². The van der Waals surface area contributed by atoms with Crippen LogP contribution in [0.25, 0.3) is 11.1 Å². The van der Waals surface area contributed by atoms with Crippen molar-refractivity contribution in [2.75, 3.05) is 0 Å². The average Bonchev–Trinajstić information content (AvgIpc) is 3.30. The molecule has 0 saturated heterocycles. The zero-order valence-corrected chi connectivity index (χ0v) is 18.9. The highest BCUT2D eigenvalue weighted by molar-refractivity contribution is 5.94. The normalized spacial score (nSPS) is 12.5. The Kier molecular flexibility index (Phi) is 7.96. The fraction of sp³-hybridized carbons (Fsp3) is 0.280. The van der Waals surface area contributed by atoms with E-state index >= 15 is 0 Å². The van der Waals surface area contributed by atoms with Crippen LogP contribution in [0.4, 0.5) is 17.6 Å². The Morgan fingerprint density at radius 2 is 1.86 bits per heavy atom. The van der Waals surface area contributed by atoms with Gasteiger partial charge in [0.2, 0.25) is 0 Å². The number of aliphatic carboxylic acids is 1. The van der Waals surface area contributed by atoms with Crippen LogP contribution in [0.15, 0.2) is 59.4 Å². The largest absolute Gasteiger partial charge is 0.479 e. The van der Waals surface area contributed by atoms with Gasteiger partial charge >= 0.3 is 12.1 Å². The number of benzene rings is 2. The number of carbonyl (C=O) groups is 2. The van der Waals surface area contributed by atoms with Gasteiger partial charge in [-0.3, -0.25) is 4.79 Å². The predicted molar refractivity (Wildman–Crippen MR) is 118 cm³/mol. The minimum atomic E-state index is -4.73. The van der Waals surface area contributed by atoms with Crippen molar-refractivity contribution in [2.45, 2.75) is 45.2 Å². The second-order valence-electron chi connectivity index (χ2n) is 8.09. The molecule has 35 heavy (non-hydrogen) atoms. The molecule has 6 nitrogen and oxygen atoms in total. The van der Waals surface area contributed by atoms with Gasteiger partial charge < -0.3 is 19.6 Å². The van der Waals surface area contributed by atoms with Crippen LogP contribution >= 0.6 is 0 Å². The Hall–Kier alpha value is -3.66. The quantitative estimate of drug-likeness (QED) is 0.387. The van der Waals surface area contributed by atoms with Gasteiger partial charge in [0, 0.05) is 18.5 Å². The highest BCUT2D eigenvalue weighted by Crippen LogP contribution is 2.30. The van der Waals surface area contributed by atoms with E-state index in [9.17, 15) is 32.3 Å². The Balaban J connectivity index is 1.84. The number of furan rings is 1. The third-order valence-electron chi connectivity index (χ3n) is 5.12. The molecule has 0 fully saturated rings. The SMILES string of the molecule is CC(C)OC(Cc1ccc(-c2ccoc2)c(CNC(=O)c2ccc(C(F)(F)F)cc2F)c1)C(=O)O. The fourth-order valence-electron chi connectivity index (χ4n) is 3.50. The first-order chi connectivity index (χ1) is 16.5. The first kappa shape index (κ1) is 26.0. The van der Waals surface area contributed by atoms with E-state index in [4.69, 9.17) is 9.15 Å². The smallest absolute Gasteiger partial charge is 0.416 e. The van der Waals surface area contributed by atoms with Crippen molar-refractivity contribution >= 4 is 11.9 Å². The maximum Gasteiger partial charge on any atom is 0.416 e. The highest BCUT2D eigenvalue weighted by atomic mass is 19.4. The molecule has 186 valence electrons. The Bertz CT molecular complexity index is 1190. The van der Waals surface area contributed by atoms with Gasteiger partial charge in [-0.15, -0.1) is 0 Å². The van der Waals surface area contributed by atoms with E-state index in [2.05, 4.69) is 5.32 Å². The van der Waals surface area contributed by atoms with Crippen molar-refractivity contribution in [1.29, 1.82) is 0 Å². The lowest BCUT2D eigenvalue weighted by Gasteiger charge is -2.18. The van der Waals surface area contributed by atoms with Crippen molar-refractivity contribution in [1.82, 2.24) is 5.32 Å². The summed E-state index contributed by atoms with van der Waals surface area (Å²) in [5, 5.41) is 12.0. The third-order valence-corrected chi connectivity index (χ3v) is 5.12. The molecule has 3 aromatic rings. The molecule has 0 radical (unpaired) electrons. The van der Waals surface area contributed by atoms with Gasteiger partial charge in [-0.25, -0.2) is 9.18 Å². The van der Waals surface area contributed by atoms with Crippen molar-refractivity contribution in [3.8, 4) is 11.1 Å². The highest BCUT2D eigenvalue weighted by Gasteiger charge is 2.31. The number of carbonyl (C=O) groups excluding carboxylic acids is 1. The summed E-state index contributed by atoms with van der Waals surface area (Å²) in [6.07, 6.45) is -3.12. The van der Waals surface area contributed by atoms with Gasteiger partial charge in [-0.1, -0.05) is 18.2 Å². The first-order valence-electron chi connectivity index (χ1n) is 10.6. The zero-order valence-electron chi connectivity index (χ0n) is 18.9. The number of halogens is 4. The van der Waals surface area contributed by atoms with E-state index < -0.39 is 41.1 Å². The molecule has 2 aromatic carbocycles. The first-order valence-corrected chi connectivity index (χ1v) is 10.6. The molecule has 1 amide bonds. The van der Waals surface area contributed by atoms with Crippen molar-refractivity contribution in [2.24, 2.45) is 0 Å². The summed E-state index contributed by atoms with van der Waals surface area (Å²) < 4.78 is 63.1.